The summed E-state index contributed by atoms with van der Waals surface area (Å²) in [6, 6.07) is -0.802. The Morgan fingerprint density at radius 1 is 1.73 bits per heavy atom. The highest BCUT2D eigenvalue weighted by Gasteiger charge is 2.31. The van der Waals surface area contributed by atoms with E-state index >= 15 is 0 Å². The summed E-state index contributed by atoms with van der Waals surface area (Å²) in [6.45, 7) is 4.10. The van der Waals surface area contributed by atoms with Gasteiger partial charge >= 0.3 is 5.97 Å². The summed E-state index contributed by atoms with van der Waals surface area (Å²) >= 11 is 0. The Bertz CT molecular complexity index is 235. The summed E-state index contributed by atoms with van der Waals surface area (Å²) < 4.78 is 5.42. The van der Waals surface area contributed by atoms with Crippen LogP contribution in [0.25, 0.3) is 0 Å². The van der Waals surface area contributed by atoms with Gasteiger partial charge in [-0.25, -0.2) is 0 Å². The number of aliphatic carboxylic acids is 1. The van der Waals surface area contributed by atoms with E-state index in [9.17, 15) is 4.79 Å². The quantitative estimate of drug-likeness (QED) is 0.686. The molecule has 0 bridgehead atoms. The van der Waals surface area contributed by atoms with Crippen LogP contribution in [0, 0.1) is 0 Å². The molecule has 15 heavy (non-hydrogen) atoms. The lowest BCUT2D eigenvalue weighted by Crippen LogP contribution is -2.52. The van der Waals surface area contributed by atoms with Gasteiger partial charge in [-0.05, 0) is 26.3 Å². The smallest absolute Gasteiger partial charge is 0.321 e. The number of nitrogens with two attached hydrogens (primary N) is 1. The van der Waals surface area contributed by atoms with Crippen LogP contribution < -0.4 is 5.73 Å². The molecule has 0 aliphatic carbocycles. The molecule has 3 N–H and O–H groups in total. The lowest BCUT2D eigenvalue weighted by Gasteiger charge is -2.39. The van der Waals surface area contributed by atoms with E-state index in [0.29, 0.717) is 6.54 Å². The van der Waals surface area contributed by atoms with Gasteiger partial charge in [-0.15, -0.1) is 0 Å². The van der Waals surface area contributed by atoms with Crippen molar-refractivity contribution in [1.82, 2.24) is 4.90 Å². The fourth-order valence-corrected chi connectivity index (χ4v) is 1.99. The molecule has 0 saturated carbocycles. The third kappa shape index (κ3) is 3.44. The maximum atomic E-state index is 10.6. The Hall–Kier alpha value is -0.650. The van der Waals surface area contributed by atoms with E-state index in [1.807, 2.05) is 6.92 Å². The highest BCUT2D eigenvalue weighted by Crippen LogP contribution is 2.23. The molecule has 1 saturated heterocycles. The van der Waals surface area contributed by atoms with Gasteiger partial charge in [-0.1, -0.05) is 0 Å². The highest BCUT2D eigenvalue weighted by molar-refractivity contribution is 5.73. The van der Waals surface area contributed by atoms with Crippen LogP contribution in [0.4, 0.5) is 0 Å². The molecule has 1 fully saturated rings. The summed E-state index contributed by atoms with van der Waals surface area (Å²) in [5.74, 6) is -0.945. The first-order chi connectivity index (χ1) is 6.97. The van der Waals surface area contributed by atoms with Crippen molar-refractivity contribution in [2.45, 2.75) is 31.4 Å². The first-order valence-electron chi connectivity index (χ1n) is 5.23. The number of methoxy groups -OCH3 is 1. The number of likely N-dealkylation sites (tertiary alicyclic amines) is 1. The minimum Gasteiger partial charge on any atom is -0.480 e. The van der Waals surface area contributed by atoms with Gasteiger partial charge in [0.2, 0.25) is 0 Å². The topological polar surface area (TPSA) is 75.8 Å². The van der Waals surface area contributed by atoms with Crippen molar-refractivity contribution < 1.29 is 14.6 Å². The van der Waals surface area contributed by atoms with E-state index in [4.69, 9.17) is 15.6 Å². The molecular formula is C10H20N2O3. The Balaban J connectivity index is 2.46. The highest BCUT2D eigenvalue weighted by atomic mass is 16.5. The molecule has 2 atom stereocenters. The molecular weight excluding hydrogens is 196 g/mol. The Morgan fingerprint density at radius 3 is 2.93 bits per heavy atom. The lowest BCUT2D eigenvalue weighted by atomic mass is 9.94. The van der Waals surface area contributed by atoms with Crippen LogP contribution in [0.2, 0.25) is 0 Å². The van der Waals surface area contributed by atoms with E-state index in [1.165, 1.54) is 0 Å². The Kier molecular flexibility index (Phi) is 4.07. The van der Waals surface area contributed by atoms with Crippen LogP contribution in [-0.2, 0) is 9.53 Å². The van der Waals surface area contributed by atoms with Gasteiger partial charge in [-0.2, -0.15) is 0 Å². The predicted octanol–water partition coefficient (Wildman–Crippen LogP) is -0.101. The minimum atomic E-state index is -0.945. The number of ether oxygens (including phenoxy) is 1. The fourth-order valence-electron chi connectivity index (χ4n) is 1.99. The molecule has 0 radical (unpaired) electrons. The summed E-state index contributed by atoms with van der Waals surface area (Å²) in [5.41, 5.74) is 5.34. The molecule has 1 aliphatic rings. The van der Waals surface area contributed by atoms with Crippen LogP contribution in [-0.4, -0.2) is 54.4 Å². The molecule has 0 aromatic carbocycles. The molecule has 5 nitrogen and oxygen atoms in total. The number of carboxylic acids is 1. The molecule has 1 heterocycles. The summed E-state index contributed by atoms with van der Waals surface area (Å²) in [7, 11) is 1.70. The number of hydrogen-bond donors (Lipinski definition) is 2. The molecule has 88 valence electrons. The number of nitrogens with zero attached hydrogens (tertiary/aromatic N) is 1. The summed E-state index contributed by atoms with van der Waals surface area (Å²) in [4.78, 5) is 12.7. The van der Waals surface area contributed by atoms with Gasteiger partial charge in [-0.3, -0.25) is 9.69 Å². The van der Waals surface area contributed by atoms with Crippen LogP contribution >= 0.6 is 0 Å². The molecule has 0 aromatic rings. The third-order valence-electron chi connectivity index (χ3n) is 3.00. The maximum absolute atomic E-state index is 10.6. The normalized spacial score (nSPS) is 30.1. The Morgan fingerprint density at radius 2 is 2.40 bits per heavy atom. The average molecular weight is 216 g/mol. The van der Waals surface area contributed by atoms with Gasteiger partial charge in [0.15, 0.2) is 0 Å². The Labute approximate surface area is 90.2 Å². The maximum Gasteiger partial charge on any atom is 0.321 e. The van der Waals surface area contributed by atoms with Crippen molar-refractivity contribution in [2.24, 2.45) is 5.73 Å². The number of carbonyl (C=O) groups is 1. The van der Waals surface area contributed by atoms with Gasteiger partial charge in [0.1, 0.15) is 6.04 Å². The molecule has 0 amide bonds. The fraction of sp³-hybridized carbons (Fsp3) is 0.900. The standard InChI is InChI=1S/C10H20N2O3/c1-10(15-2)4-3-5-12(7-10)6-8(11)9(13)14/h8H,3-7,11H2,1-2H3,(H,13,14). The molecule has 0 spiro atoms. The van der Waals surface area contributed by atoms with Gasteiger partial charge in [0, 0.05) is 20.2 Å². The van der Waals surface area contributed by atoms with E-state index in [0.717, 1.165) is 25.9 Å². The second kappa shape index (κ2) is 4.92. The minimum absolute atomic E-state index is 0.156. The summed E-state index contributed by atoms with van der Waals surface area (Å²) in [5, 5.41) is 8.72. The van der Waals surface area contributed by atoms with Crippen LogP contribution in [0.5, 0.6) is 0 Å². The molecule has 1 aliphatic heterocycles. The first-order valence-corrected chi connectivity index (χ1v) is 5.23. The lowest BCUT2D eigenvalue weighted by molar-refractivity contribution is -0.139. The van der Waals surface area contributed by atoms with Crippen LogP contribution in [0.3, 0.4) is 0 Å². The zero-order valence-electron chi connectivity index (χ0n) is 9.40. The SMILES string of the molecule is COC1(C)CCCN(CC(N)C(=O)O)C1. The third-order valence-corrected chi connectivity index (χ3v) is 3.00. The van der Waals surface area contributed by atoms with Crippen molar-refractivity contribution >= 4 is 5.97 Å². The predicted molar refractivity (Wildman–Crippen MR) is 56.7 cm³/mol. The monoisotopic (exact) mass is 216 g/mol. The second-order valence-corrected chi connectivity index (χ2v) is 4.44. The van der Waals surface area contributed by atoms with Crippen LogP contribution in [0.15, 0.2) is 0 Å². The van der Waals surface area contributed by atoms with E-state index < -0.39 is 12.0 Å². The average Bonchev–Trinajstić information content (AvgIpc) is 2.18. The molecule has 0 aromatic heterocycles. The van der Waals surface area contributed by atoms with Crippen molar-refractivity contribution in [2.75, 3.05) is 26.7 Å². The van der Waals surface area contributed by atoms with Crippen molar-refractivity contribution in [3.8, 4) is 0 Å². The van der Waals surface area contributed by atoms with Gasteiger partial charge < -0.3 is 15.6 Å². The van der Waals surface area contributed by atoms with Crippen molar-refractivity contribution in [3.63, 3.8) is 0 Å². The molecule has 2 unspecified atom stereocenters. The van der Waals surface area contributed by atoms with E-state index in [-0.39, 0.29) is 5.60 Å². The zero-order valence-corrected chi connectivity index (χ0v) is 9.40. The number of piperidine rings is 1. The largest absolute Gasteiger partial charge is 0.480 e. The number of carboxylic acid groups (broad SMARTS) is 1. The molecule has 5 heteroatoms. The van der Waals surface area contributed by atoms with E-state index in [2.05, 4.69) is 4.90 Å². The first kappa shape index (κ1) is 12.4. The van der Waals surface area contributed by atoms with Gasteiger partial charge in [0.25, 0.3) is 0 Å². The van der Waals surface area contributed by atoms with Crippen LogP contribution in [0.1, 0.15) is 19.8 Å². The molecule has 1 rings (SSSR count). The number of hydrogen-bond acceptors (Lipinski definition) is 4. The van der Waals surface area contributed by atoms with Crippen molar-refractivity contribution in [1.29, 1.82) is 0 Å². The second-order valence-electron chi connectivity index (χ2n) is 4.44. The number of rotatable bonds is 4. The van der Waals surface area contributed by atoms with Crippen molar-refractivity contribution in [3.05, 3.63) is 0 Å². The zero-order chi connectivity index (χ0) is 11.5. The van der Waals surface area contributed by atoms with E-state index in [1.54, 1.807) is 7.11 Å². The van der Waals surface area contributed by atoms with Gasteiger partial charge in [0.05, 0.1) is 5.60 Å². The summed E-state index contributed by atoms with van der Waals surface area (Å²) in [6.07, 6.45) is 2.04.